The largest absolute Gasteiger partial charge is 0.382 e. The van der Waals surface area contributed by atoms with Crippen LogP contribution in [0.2, 0.25) is 5.02 Å². The first-order chi connectivity index (χ1) is 11.9. The van der Waals surface area contributed by atoms with Crippen molar-refractivity contribution in [3.05, 3.63) is 53.1 Å². The number of nitrogens with zero attached hydrogens (tertiary/aromatic N) is 3. The molecule has 0 radical (unpaired) electrons. The van der Waals surface area contributed by atoms with Gasteiger partial charge in [0.25, 0.3) is 5.91 Å². The second-order valence-corrected chi connectivity index (χ2v) is 5.90. The molecule has 1 aromatic heterocycles. The van der Waals surface area contributed by atoms with Crippen molar-refractivity contribution in [3.63, 3.8) is 0 Å². The molecular weight excluding hydrogens is 344 g/mol. The fourth-order valence-electron chi connectivity index (χ4n) is 2.18. The van der Waals surface area contributed by atoms with Crippen molar-refractivity contribution < 1.29 is 14.4 Å². The minimum atomic E-state index is -0.823. The van der Waals surface area contributed by atoms with Crippen LogP contribution in [0.25, 0.3) is 11.0 Å². The van der Waals surface area contributed by atoms with Gasteiger partial charge >= 0.3 is 0 Å². The second kappa shape index (κ2) is 6.90. The Kier molecular flexibility index (Phi) is 4.67. The number of fused-ring (bicyclic) bond motifs is 1. The number of carbonyl (C=O) groups is 2. The molecule has 3 aromatic rings. The Labute approximate surface area is 148 Å². The maximum atomic E-state index is 12.3. The Hall–Kier alpha value is -2.93. The maximum Gasteiger partial charge on any atom is 0.267 e. The number of nitrogens with one attached hydrogen (secondary N) is 1. The van der Waals surface area contributed by atoms with Gasteiger partial charge in [-0.15, -0.1) is 5.10 Å². The molecule has 0 unspecified atom stereocenters. The summed E-state index contributed by atoms with van der Waals surface area (Å²) in [4.78, 5) is 30.2. The first-order valence-electron chi connectivity index (χ1n) is 7.54. The summed E-state index contributed by atoms with van der Waals surface area (Å²) < 4.78 is 0. The highest BCUT2D eigenvalue weighted by molar-refractivity contribution is 6.31. The zero-order valence-electron chi connectivity index (χ0n) is 13.6. The summed E-state index contributed by atoms with van der Waals surface area (Å²) in [7, 11) is 0. The molecule has 2 aromatic carbocycles. The zero-order valence-corrected chi connectivity index (χ0v) is 14.3. The molecule has 25 heavy (non-hydrogen) atoms. The number of Topliss-reactive ketones (excluding diaryl/α,β-unsaturated/α-hetero) is 1. The molecule has 0 aliphatic carbocycles. The van der Waals surface area contributed by atoms with E-state index < -0.39 is 6.10 Å². The van der Waals surface area contributed by atoms with Gasteiger partial charge in [0.05, 0.1) is 0 Å². The summed E-state index contributed by atoms with van der Waals surface area (Å²) in [5.74, 6) is -0.396. The number of carbonyl (C=O) groups excluding carboxylic acids is 2. The summed E-state index contributed by atoms with van der Waals surface area (Å²) in [5.41, 5.74) is 2.32. The van der Waals surface area contributed by atoms with Gasteiger partial charge in [-0.25, -0.2) is 0 Å². The molecule has 1 atom stereocenters. The Bertz CT molecular complexity index is 937. The molecule has 8 heteroatoms. The van der Waals surface area contributed by atoms with Crippen molar-refractivity contribution in [1.29, 1.82) is 0 Å². The lowest BCUT2D eigenvalue weighted by Gasteiger charge is -2.14. The van der Waals surface area contributed by atoms with E-state index in [1.807, 2.05) is 0 Å². The molecule has 0 aliphatic heterocycles. The molecule has 0 spiro atoms. The van der Waals surface area contributed by atoms with Crippen molar-refractivity contribution in [2.75, 3.05) is 5.32 Å². The number of anilines is 1. The van der Waals surface area contributed by atoms with Gasteiger partial charge in [-0.2, -0.15) is 0 Å². The van der Waals surface area contributed by atoms with E-state index >= 15 is 0 Å². The van der Waals surface area contributed by atoms with E-state index in [0.29, 0.717) is 27.3 Å². The summed E-state index contributed by atoms with van der Waals surface area (Å²) in [6.07, 6.45) is -0.823. The number of hydrogen-bond acceptors (Lipinski definition) is 5. The van der Waals surface area contributed by atoms with E-state index in [4.69, 9.17) is 16.4 Å². The summed E-state index contributed by atoms with van der Waals surface area (Å²) >= 11 is 5.96. The van der Waals surface area contributed by atoms with E-state index in [9.17, 15) is 9.59 Å². The highest BCUT2D eigenvalue weighted by Gasteiger charge is 2.17. The van der Waals surface area contributed by atoms with Crippen LogP contribution in [-0.4, -0.2) is 33.0 Å². The Morgan fingerprint density at radius 1 is 1.20 bits per heavy atom. The molecule has 3 rings (SSSR count). The summed E-state index contributed by atoms with van der Waals surface area (Å²) in [6.45, 7) is 3.08. The number of benzene rings is 2. The van der Waals surface area contributed by atoms with Crippen molar-refractivity contribution in [1.82, 2.24) is 15.2 Å². The van der Waals surface area contributed by atoms with Gasteiger partial charge in [-0.3, -0.25) is 9.59 Å². The lowest BCUT2D eigenvalue weighted by Crippen LogP contribution is -2.35. The van der Waals surface area contributed by atoms with E-state index in [2.05, 4.69) is 15.6 Å². The first kappa shape index (κ1) is 16.9. The number of hydrogen-bond donors (Lipinski definition) is 1. The van der Waals surface area contributed by atoms with Crippen molar-refractivity contribution in [2.24, 2.45) is 0 Å². The molecule has 0 saturated carbocycles. The number of ketones is 1. The SMILES string of the molecule is CC(=O)c1ccc(NC(=O)[C@@H](C)On2nnc3ccc(Cl)cc32)cc1. The van der Waals surface area contributed by atoms with Crippen LogP contribution in [0, 0.1) is 0 Å². The van der Waals surface area contributed by atoms with Crippen molar-refractivity contribution >= 4 is 40.0 Å². The van der Waals surface area contributed by atoms with Crippen LogP contribution in [0.4, 0.5) is 5.69 Å². The predicted molar refractivity (Wildman–Crippen MR) is 93.7 cm³/mol. The molecule has 0 saturated heterocycles. The minimum Gasteiger partial charge on any atom is -0.382 e. The summed E-state index contributed by atoms with van der Waals surface area (Å²) in [6, 6.07) is 11.7. The summed E-state index contributed by atoms with van der Waals surface area (Å²) in [5, 5.41) is 11.0. The predicted octanol–water partition coefficient (Wildman–Crippen LogP) is 2.74. The molecule has 1 N–H and O–H groups in total. The van der Waals surface area contributed by atoms with Crippen LogP contribution in [0.15, 0.2) is 42.5 Å². The molecule has 128 valence electrons. The zero-order chi connectivity index (χ0) is 18.0. The number of halogens is 1. The quantitative estimate of drug-likeness (QED) is 0.709. The molecule has 1 heterocycles. The highest BCUT2D eigenvalue weighted by Crippen LogP contribution is 2.17. The van der Waals surface area contributed by atoms with Crippen molar-refractivity contribution in [2.45, 2.75) is 20.0 Å². The van der Waals surface area contributed by atoms with Crippen LogP contribution in [-0.2, 0) is 4.79 Å². The standard InChI is InChI=1S/C17H15ClN4O3/c1-10(23)12-3-6-14(7-4-12)19-17(24)11(2)25-22-16-9-13(18)5-8-15(16)20-21-22/h3-9,11H,1-2H3,(H,19,24)/t11-/m1/s1. The fourth-order valence-corrected chi connectivity index (χ4v) is 2.35. The monoisotopic (exact) mass is 358 g/mol. The van der Waals surface area contributed by atoms with Gasteiger partial charge in [-0.05, 0) is 61.5 Å². The van der Waals surface area contributed by atoms with Crippen LogP contribution in [0.1, 0.15) is 24.2 Å². The van der Waals surface area contributed by atoms with E-state index in [-0.39, 0.29) is 11.7 Å². The molecule has 7 nitrogen and oxygen atoms in total. The number of amides is 1. The third-order valence-electron chi connectivity index (χ3n) is 3.56. The van der Waals surface area contributed by atoms with Crippen LogP contribution < -0.4 is 10.2 Å². The van der Waals surface area contributed by atoms with Gasteiger partial charge in [-0.1, -0.05) is 16.4 Å². The third kappa shape index (κ3) is 3.77. The van der Waals surface area contributed by atoms with Crippen molar-refractivity contribution in [3.8, 4) is 0 Å². The Balaban J connectivity index is 1.69. The lowest BCUT2D eigenvalue weighted by molar-refractivity contribution is -0.127. The van der Waals surface area contributed by atoms with Gasteiger partial charge in [0.2, 0.25) is 6.10 Å². The Morgan fingerprint density at radius 2 is 1.92 bits per heavy atom. The van der Waals surface area contributed by atoms with E-state index in [0.717, 1.165) is 0 Å². The van der Waals surface area contributed by atoms with Gasteiger partial charge in [0, 0.05) is 16.3 Å². The molecule has 1 amide bonds. The normalized spacial score (nSPS) is 12.0. The number of aromatic nitrogens is 3. The van der Waals surface area contributed by atoms with Gasteiger partial charge < -0.3 is 10.2 Å². The van der Waals surface area contributed by atoms with E-state index in [1.54, 1.807) is 49.4 Å². The highest BCUT2D eigenvalue weighted by atomic mass is 35.5. The second-order valence-electron chi connectivity index (χ2n) is 5.47. The molecule has 0 fully saturated rings. The fraction of sp³-hybridized carbons (Fsp3) is 0.176. The third-order valence-corrected chi connectivity index (χ3v) is 3.80. The van der Waals surface area contributed by atoms with Crippen LogP contribution >= 0.6 is 11.6 Å². The Morgan fingerprint density at radius 3 is 2.60 bits per heavy atom. The average molecular weight is 359 g/mol. The van der Waals surface area contributed by atoms with Gasteiger partial charge in [0.1, 0.15) is 11.0 Å². The lowest BCUT2D eigenvalue weighted by atomic mass is 10.1. The molecule has 0 aliphatic rings. The molecular formula is C17H15ClN4O3. The maximum absolute atomic E-state index is 12.3. The van der Waals surface area contributed by atoms with Crippen LogP contribution in [0.5, 0.6) is 0 Å². The minimum absolute atomic E-state index is 0.0358. The van der Waals surface area contributed by atoms with Gasteiger partial charge in [0.15, 0.2) is 5.78 Å². The topological polar surface area (TPSA) is 86.1 Å². The number of rotatable bonds is 5. The van der Waals surface area contributed by atoms with Crippen LogP contribution in [0.3, 0.4) is 0 Å². The van der Waals surface area contributed by atoms with E-state index in [1.165, 1.54) is 11.8 Å². The first-order valence-corrected chi connectivity index (χ1v) is 7.92. The average Bonchev–Trinajstić information content (AvgIpc) is 2.97. The smallest absolute Gasteiger partial charge is 0.267 e. The molecule has 0 bridgehead atoms.